The van der Waals surface area contributed by atoms with Crippen LogP contribution in [0.25, 0.3) is 0 Å². The van der Waals surface area contributed by atoms with Gasteiger partial charge in [-0.2, -0.15) is 0 Å². The number of carbonyl (C=O) groups is 1. The largest absolute Gasteiger partial charge is 0.496 e. The number of hydrogen-bond acceptors (Lipinski definition) is 3. The lowest BCUT2D eigenvalue weighted by atomic mass is 9.98. The summed E-state index contributed by atoms with van der Waals surface area (Å²) in [6, 6.07) is 5.96. The highest BCUT2D eigenvalue weighted by Gasteiger charge is 2.23. The number of rotatable bonds is 4. The predicted octanol–water partition coefficient (Wildman–Crippen LogP) is 2.61. The first-order valence-corrected chi connectivity index (χ1v) is 7.14. The van der Waals surface area contributed by atoms with Crippen LogP contribution in [-0.2, 0) is 9.53 Å². The molecule has 1 aromatic carbocycles. The zero-order valence-corrected chi connectivity index (χ0v) is 12.4. The highest BCUT2D eigenvalue weighted by Crippen LogP contribution is 2.26. The van der Waals surface area contributed by atoms with E-state index in [9.17, 15) is 4.79 Å². The van der Waals surface area contributed by atoms with Gasteiger partial charge in [-0.3, -0.25) is 4.79 Å². The van der Waals surface area contributed by atoms with Gasteiger partial charge >= 0.3 is 0 Å². The second kappa shape index (κ2) is 6.75. The molecule has 4 heteroatoms. The van der Waals surface area contributed by atoms with Gasteiger partial charge in [0.15, 0.2) is 0 Å². The van der Waals surface area contributed by atoms with Gasteiger partial charge in [0.25, 0.3) is 0 Å². The summed E-state index contributed by atoms with van der Waals surface area (Å²) >= 11 is 0. The van der Waals surface area contributed by atoms with Gasteiger partial charge in [-0.05, 0) is 32.8 Å². The first kappa shape index (κ1) is 14.9. The molecule has 1 heterocycles. The Kier molecular flexibility index (Phi) is 5.01. The summed E-state index contributed by atoms with van der Waals surface area (Å²) in [7, 11) is 1.65. The van der Waals surface area contributed by atoms with Crippen molar-refractivity contribution in [3.05, 3.63) is 29.3 Å². The van der Waals surface area contributed by atoms with Crippen LogP contribution in [0.5, 0.6) is 5.75 Å². The molecule has 0 saturated carbocycles. The van der Waals surface area contributed by atoms with Gasteiger partial charge < -0.3 is 14.8 Å². The molecule has 0 spiro atoms. The monoisotopic (exact) mass is 277 g/mol. The van der Waals surface area contributed by atoms with Crippen molar-refractivity contribution in [2.75, 3.05) is 20.3 Å². The molecule has 0 aliphatic carbocycles. The van der Waals surface area contributed by atoms with Crippen molar-refractivity contribution in [2.45, 2.75) is 32.7 Å². The number of amides is 1. The Labute approximate surface area is 120 Å². The van der Waals surface area contributed by atoms with E-state index in [1.807, 2.05) is 26.0 Å². The molecule has 1 saturated heterocycles. The number of nitrogens with one attached hydrogen (secondary N) is 1. The molecule has 0 radical (unpaired) electrons. The van der Waals surface area contributed by atoms with E-state index in [0.29, 0.717) is 13.2 Å². The fourth-order valence-electron chi connectivity index (χ4n) is 2.56. The second-order valence-electron chi connectivity index (χ2n) is 5.36. The summed E-state index contributed by atoms with van der Waals surface area (Å²) in [4.78, 5) is 12.3. The van der Waals surface area contributed by atoms with Crippen molar-refractivity contribution >= 4 is 5.91 Å². The van der Waals surface area contributed by atoms with E-state index < -0.39 is 0 Å². The quantitative estimate of drug-likeness (QED) is 0.920. The fraction of sp³-hybridized carbons (Fsp3) is 0.562. The number of aryl methyl sites for hydroxylation is 1. The number of hydrogen-bond donors (Lipinski definition) is 1. The van der Waals surface area contributed by atoms with Crippen LogP contribution < -0.4 is 10.1 Å². The lowest BCUT2D eigenvalue weighted by molar-refractivity contribution is -0.128. The van der Waals surface area contributed by atoms with E-state index in [1.165, 1.54) is 0 Å². The number of ether oxygens (including phenoxy) is 2. The molecule has 1 aromatic rings. The number of benzene rings is 1. The molecule has 20 heavy (non-hydrogen) atoms. The highest BCUT2D eigenvalue weighted by molar-refractivity contribution is 5.79. The second-order valence-corrected chi connectivity index (χ2v) is 5.36. The van der Waals surface area contributed by atoms with Crippen molar-refractivity contribution in [3.63, 3.8) is 0 Å². The van der Waals surface area contributed by atoms with E-state index in [2.05, 4.69) is 11.4 Å². The standard InChI is InChI=1S/C16H23NO3/c1-11-4-5-15(19-3)14(10-11)12(2)17-16(18)13-6-8-20-9-7-13/h4-5,10,12-13H,6-9H2,1-3H3,(H,17,18)/t12-/m0/s1. The van der Waals surface area contributed by atoms with Gasteiger partial charge in [0.1, 0.15) is 5.75 Å². The van der Waals surface area contributed by atoms with Gasteiger partial charge in [-0.25, -0.2) is 0 Å². The van der Waals surface area contributed by atoms with Gasteiger partial charge in [0.05, 0.1) is 13.2 Å². The first-order chi connectivity index (χ1) is 9.61. The Hall–Kier alpha value is -1.55. The molecule has 1 atom stereocenters. The Bertz CT molecular complexity index is 467. The van der Waals surface area contributed by atoms with E-state index >= 15 is 0 Å². The average molecular weight is 277 g/mol. The van der Waals surface area contributed by atoms with Gasteiger partial charge in [-0.15, -0.1) is 0 Å². The Balaban J connectivity index is 2.05. The zero-order chi connectivity index (χ0) is 14.5. The molecule has 1 fully saturated rings. The van der Waals surface area contributed by atoms with Crippen molar-refractivity contribution in [1.82, 2.24) is 5.32 Å². The van der Waals surface area contributed by atoms with Crippen LogP contribution in [0.2, 0.25) is 0 Å². The summed E-state index contributed by atoms with van der Waals surface area (Å²) in [5, 5.41) is 3.09. The summed E-state index contributed by atoms with van der Waals surface area (Å²) in [5.41, 5.74) is 2.18. The molecule has 110 valence electrons. The maximum absolute atomic E-state index is 12.3. The van der Waals surface area contributed by atoms with Gasteiger partial charge in [-0.1, -0.05) is 17.7 Å². The highest BCUT2D eigenvalue weighted by atomic mass is 16.5. The third-order valence-corrected chi connectivity index (χ3v) is 3.80. The van der Waals surface area contributed by atoms with E-state index in [-0.39, 0.29) is 17.9 Å². The Morgan fingerprint density at radius 1 is 1.40 bits per heavy atom. The van der Waals surface area contributed by atoms with Crippen LogP contribution in [0.4, 0.5) is 0 Å². The smallest absolute Gasteiger partial charge is 0.223 e. The Morgan fingerprint density at radius 3 is 2.75 bits per heavy atom. The lowest BCUT2D eigenvalue weighted by Crippen LogP contribution is -2.35. The molecule has 1 N–H and O–H groups in total. The Morgan fingerprint density at radius 2 is 2.10 bits per heavy atom. The van der Waals surface area contributed by atoms with Crippen molar-refractivity contribution < 1.29 is 14.3 Å². The molecular formula is C16H23NO3. The van der Waals surface area contributed by atoms with Crippen LogP contribution in [0.3, 0.4) is 0 Å². The molecule has 1 aliphatic rings. The van der Waals surface area contributed by atoms with Crippen molar-refractivity contribution in [3.8, 4) is 5.75 Å². The van der Waals surface area contributed by atoms with E-state index in [4.69, 9.17) is 9.47 Å². The SMILES string of the molecule is COc1ccc(C)cc1[C@H](C)NC(=O)C1CCOCC1. The van der Waals surface area contributed by atoms with Crippen LogP contribution in [0.1, 0.15) is 36.9 Å². The zero-order valence-electron chi connectivity index (χ0n) is 12.4. The van der Waals surface area contributed by atoms with Gasteiger partial charge in [0, 0.05) is 24.7 Å². The maximum atomic E-state index is 12.3. The summed E-state index contributed by atoms with van der Waals surface area (Å²) < 4.78 is 10.7. The lowest BCUT2D eigenvalue weighted by Gasteiger charge is -2.24. The molecule has 0 aromatic heterocycles. The molecule has 0 bridgehead atoms. The third-order valence-electron chi connectivity index (χ3n) is 3.80. The van der Waals surface area contributed by atoms with Crippen molar-refractivity contribution in [1.29, 1.82) is 0 Å². The summed E-state index contributed by atoms with van der Waals surface area (Å²) in [5.74, 6) is 1.00. The predicted molar refractivity (Wildman–Crippen MR) is 77.8 cm³/mol. The third kappa shape index (κ3) is 3.51. The minimum Gasteiger partial charge on any atom is -0.496 e. The summed E-state index contributed by atoms with van der Waals surface area (Å²) in [6.45, 7) is 5.39. The molecule has 0 unspecified atom stereocenters. The van der Waals surface area contributed by atoms with Crippen LogP contribution in [0.15, 0.2) is 18.2 Å². The molecular weight excluding hydrogens is 254 g/mol. The average Bonchev–Trinajstić information content (AvgIpc) is 2.48. The topological polar surface area (TPSA) is 47.6 Å². The van der Waals surface area contributed by atoms with Gasteiger partial charge in [0.2, 0.25) is 5.91 Å². The molecule has 1 aliphatic heterocycles. The number of methoxy groups -OCH3 is 1. The van der Waals surface area contributed by atoms with E-state index in [0.717, 1.165) is 29.7 Å². The molecule has 4 nitrogen and oxygen atoms in total. The van der Waals surface area contributed by atoms with Crippen molar-refractivity contribution in [2.24, 2.45) is 5.92 Å². The number of carbonyl (C=O) groups excluding carboxylic acids is 1. The van der Waals surface area contributed by atoms with Crippen LogP contribution in [0, 0.1) is 12.8 Å². The van der Waals surface area contributed by atoms with Crippen LogP contribution in [-0.4, -0.2) is 26.2 Å². The maximum Gasteiger partial charge on any atom is 0.223 e. The fourth-order valence-corrected chi connectivity index (χ4v) is 2.56. The molecule has 1 amide bonds. The van der Waals surface area contributed by atoms with Crippen LogP contribution >= 0.6 is 0 Å². The molecule has 2 rings (SSSR count). The minimum atomic E-state index is -0.0554. The summed E-state index contributed by atoms with van der Waals surface area (Å²) in [6.07, 6.45) is 1.62. The first-order valence-electron chi connectivity index (χ1n) is 7.14. The minimum absolute atomic E-state index is 0.0554. The van der Waals surface area contributed by atoms with E-state index in [1.54, 1.807) is 7.11 Å². The normalized spacial score (nSPS) is 17.6.